The van der Waals surface area contributed by atoms with Crippen molar-refractivity contribution < 1.29 is 14.2 Å². The smallest absolute Gasteiger partial charge is 0.127 e. The van der Waals surface area contributed by atoms with E-state index in [1.807, 2.05) is 0 Å². The van der Waals surface area contributed by atoms with Gasteiger partial charge < -0.3 is 9.84 Å². The third kappa shape index (κ3) is 5.43. The van der Waals surface area contributed by atoms with Crippen molar-refractivity contribution in [3.63, 3.8) is 0 Å². The average molecular weight is 338 g/mol. The molecule has 0 radical (unpaired) electrons. The van der Waals surface area contributed by atoms with Crippen LogP contribution in [-0.2, 0) is 6.54 Å². The Hall–Kier alpha value is -1.17. The Morgan fingerprint density at radius 3 is 2.79 bits per heavy atom. The Morgan fingerprint density at radius 1 is 1.33 bits per heavy atom. The van der Waals surface area contributed by atoms with E-state index in [0.29, 0.717) is 29.8 Å². The number of aliphatic hydroxyl groups is 1. The van der Waals surface area contributed by atoms with Crippen molar-refractivity contribution in [1.82, 2.24) is 9.80 Å². The zero-order valence-electron chi connectivity index (χ0n) is 15.2. The highest BCUT2D eigenvalue weighted by atomic mass is 19.1. The molecule has 24 heavy (non-hydrogen) atoms. The fourth-order valence-corrected chi connectivity index (χ4v) is 3.28. The van der Waals surface area contributed by atoms with Gasteiger partial charge in [0.25, 0.3) is 0 Å². The van der Waals surface area contributed by atoms with Gasteiger partial charge in [-0.05, 0) is 43.5 Å². The summed E-state index contributed by atoms with van der Waals surface area (Å²) in [6, 6.07) is 5.24. The molecule has 1 N–H and O–H groups in total. The first-order chi connectivity index (χ1) is 11.5. The second kappa shape index (κ2) is 9.35. The zero-order valence-corrected chi connectivity index (χ0v) is 15.2. The van der Waals surface area contributed by atoms with E-state index in [2.05, 4.69) is 23.6 Å². The molecule has 1 fully saturated rings. The van der Waals surface area contributed by atoms with Crippen LogP contribution >= 0.6 is 0 Å². The van der Waals surface area contributed by atoms with Gasteiger partial charge in [-0.2, -0.15) is 0 Å². The summed E-state index contributed by atoms with van der Waals surface area (Å²) in [5.41, 5.74) is 0.674. The van der Waals surface area contributed by atoms with Crippen molar-refractivity contribution in [1.29, 1.82) is 0 Å². The van der Waals surface area contributed by atoms with Crippen LogP contribution in [0.3, 0.4) is 0 Å². The number of halogens is 1. The third-order valence-corrected chi connectivity index (χ3v) is 4.79. The van der Waals surface area contributed by atoms with E-state index in [1.54, 1.807) is 19.2 Å². The van der Waals surface area contributed by atoms with Gasteiger partial charge in [0.1, 0.15) is 11.6 Å². The molecule has 5 heteroatoms. The van der Waals surface area contributed by atoms with Gasteiger partial charge >= 0.3 is 0 Å². The molecular formula is C19H31FN2O2. The van der Waals surface area contributed by atoms with Crippen molar-refractivity contribution >= 4 is 0 Å². The highest BCUT2D eigenvalue weighted by molar-refractivity contribution is 5.29. The molecule has 0 spiro atoms. The summed E-state index contributed by atoms with van der Waals surface area (Å²) >= 11 is 0. The standard InChI is InChI=1S/C19H31FN2O2/c1-15(2)6-8-22-10-9-21(14-17(22)7-11-23)13-16-12-18(24-3)4-5-19(16)20/h4-5,12,15,17,23H,6-11,13-14H2,1-3H3/t17-/m1/s1. The van der Waals surface area contributed by atoms with Gasteiger partial charge in [-0.15, -0.1) is 0 Å². The molecule has 1 atom stereocenters. The van der Waals surface area contributed by atoms with Crippen LogP contribution in [0.25, 0.3) is 0 Å². The van der Waals surface area contributed by atoms with Crippen molar-refractivity contribution in [2.75, 3.05) is 39.9 Å². The maximum atomic E-state index is 14.1. The lowest BCUT2D eigenvalue weighted by atomic mass is 10.0. The Balaban J connectivity index is 1.98. The maximum Gasteiger partial charge on any atom is 0.127 e. The molecule has 0 amide bonds. The van der Waals surface area contributed by atoms with Crippen molar-refractivity contribution in [3.8, 4) is 5.75 Å². The van der Waals surface area contributed by atoms with Crippen LogP contribution in [0.5, 0.6) is 5.75 Å². The van der Waals surface area contributed by atoms with Gasteiger partial charge in [-0.25, -0.2) is 4.39 Å². The summed E-state index contributed by atoms with van der Waals surface area (Å²) < 4.78 is 19.3. The number of methoxy groups -OCH3 is 1. The van der Waals surface area contributed by atoms with Crippen molar-refractivity contribution in [2.45, 2.75) is 39.3 Å². The van der Waals surface area contributed by atoms with E-state index in [4.69, 9.17) is 4.74 Å². The lowest BCUT2D eigenvalue weighted by Gasteiger charge is -2.41. The number of aliphatic hydroxyl groups excluding tert-OH is 1. The van der Waals surface area contributed by atoms with E-state index in [9.17, 15) is 9.50 Å². The zero-order chi connectivity index (χ0) is 17.5. The predicted molar refractivity (Wildman–Crippen MR) is 94.7 cm³/mol. The first-order valence-corrected chi connectivity index (χ1v) is 8.93. The van der Waals surface area contributed by atoms with E-state index in [-0.39, 0.29) is 12.4 Å². The van der Waals surface area contributed by atoms with E-state index < -0.39 is 0 Å². The average Bonchev–Trinajstić information content (AvgIpc) is 2.56. The monoisotopic (exact) mass is 338 g/mol. The van der Waals surface area contributed by atoms with Gasteiger partial charge in [0.05, 0.1) is 7.11 Å². The Morgan fingerprint density at radius 2 is 2.12 bits per heavy atom. The van der Waals surface area contributed by atoms with E-state index in [1.165, 1.54) is 12.5 Å². The number of piperazine rings is 1. The largest absolute Gasteiger partial charge is 0.497 e. The molecule has 1 aromatic rings. The fraction of sp³-hybridized carbons (Fsp3) is 0.684. The molecule has 0 saturated carbocycles. The Labute approximate surface area is 145 Å². The SMILES string of the molecule is COc1ccc(F)c(CN2CCN(CCC(C)C)[C@H](CCO)C2)c1. The summed E-state index contributed by atoms with van der Waals surface area (Å²) in [6.45, 7) is 9.11. The van der Waals surface area contributed by atoms with Crippen LogP contribution < -0.4 is 4.74 Å². The number of hydrogen-bond acceptors (Lipinski definition) is 4. The molecule has 1 heterocycles. The highest BCUT2D eigenvalue weighted by Crippen LogP contribution is 2.21. The van der Waals surface area contributed by atoms with E-state index >= 15 is 0 Å². The first kappa shape index (κ1) is 19.2. The summed E-state index contributed by atoms with van der Waals surface area (Å²) in [6.07, 6.45) is 1.95. The number of benzene rings is 1. The molecule has 0 aliphatic carbocycles. The summed E-state index contributed by atoms with van der Waals surface area (Å²) in [5.74, 6) is 1.19. The molecule has 0 bridgehead atoms. The van der Waals surface area contributed by atoms with Gasteiger partial charge in [-0.3, -0.25) is 9.80 Å². The van der Waals surface area contributed by atoms with Crippen LogP contribution in [0.2, 0.25) is 0 Å². The minimum absolute atomic E-state index is 0.184. The minimum Gasteiger partial charge on any atom is -0.497 e. The van der Waals surface area contributed by atoms with Crippen molar-refractivity contribution in [2.24, 2.45) is 5.92 Å². The number of nitrogens with zero attached hydrogens (tertiary/aromatic N) is 2. The van der Waals surface area contributed by atoms with Crippen LogP contribution in [0.1, 0.15) is 32.3 Å². The van der Waals surface area contributed by atoms with Gasteiger partial charge in [0, 0.05) is 44.4 Å². The van der Waals surface area contributed by atoms with E-state index in [0.717, 1.165) is 32.6 Å². The lowest BCUT2D eigenvalue weighted by Crippen LogP contribution is -2.53. The van der Waals surface area contributed by atoms with Gasteiger partial charge in [-0.1, -0.05) is 13.8 Å². The van der Waals surface area contributed by atoms with Crippen LogP contribution in [0, 0.1) is 11.7 Å². The predicted octanol–water partition coefficient (Wildman–Crippen LogP) is 2.75. The molecule has 1 aromatic carbocycles. The molecule has 2 rings (SSSR count). The van der Waals surface area contributed by atoms with Gasteiger partial charge in [0.15, 0.2) is 0 Å². The molecular weight excluding hydrogens is 307 g/mol. The Bertz CT molecular complexity index is 510. The summed E-state index contributed by atoms with van der Waals surface area (Å²) in [4.78, 5) is 4.76. The topological polar surface area (TPSA) is 35.9 Å². The first-order valence-electron chi connectivity index (χ1n) is 8.93. The van der Waals surface area contributed by atoms with Crippen LogP contribution in [-0.4, -0.2) is 60.8 Å². The second-order valence-corrected chi connectivity index (χ2v) is 7.08. The Kier molecular flexibility index (Phi) is 7.46. The fourth-order valence-electron chi connectivity index (χ4n) is 3.28. The molecule has 0 unspecified atom stereocenters. The van der Waals surface area contributed by atoms with Crippen LogP contribution in [0.4, 0.5) is 4.39 Å². The number of rotatable bonds is 8. The molecule has 1 aliphatic rings. The molecule has 1 saturated heterocycles. The quantitative estimate of drug-likeness (QED) is 0.791. The lowest BCUT2D eigenvalue weighted by molar-refractivity contribution is 0.0518. The third-order valence-electron chi connectivity index (χ3n) is 4.79. The summed E-state index contributed by atoms with van der Waals surface area (Å²) in [5, 5.41) is 9.38. The molecule has 0 aromatic heterocycles. The minimum atomic E-state index is -0.184. The normalized spacial score (nSPS) is 19.8. The number of hydrogen-bond donors (Lipinski definition) is 1. The van der Waals surface area contributed by atoms with Crippen LogP contribution in [0.15, 0.2) is 18.2 Å². The highest BCUT2D eigenvalue weighted by Gasteiger charge is 2.26. The molecule has 1 aliphatic heterocycles. The maximum absolute atomic E-state index is 14.1. The second-order valence-electron chi connectivity index (χ2n) is 7.08. The molecule has 4 nitrogen and oxygen atoms in total. The number of ether oxygens (including phenoxy) is 1. The molecule has 136 valence electrons. The van der Waals surface area contributed by atoms with Gasteiger partial charge in [0.2, 0.25) is 0 Å². The van der Waals surface area contributed by atoms with Crippen molar-refractivity contribution in [3.05, 3.63) is 29.6 Å². The summed E-state index contributed by atoms with van der Waals surface area (Å²) in [7, 11) is 1.60.